The van der Waals surface area contributed by atoms with Crippen molar-refractivity contribution < 1.29 is 9.32 Å². The summed E-state index contributed by atoms with van der Waals surface area (Å²) in [5, 5.41) is 11.3. The minimum Gasteiger partial charge on any atom is -0.356 e. The zero-order valence-corrected chi connectivity index (χ0v) is 11.4. The number of amides is 1. The molecule has 1 aromatic heterocycles. The van der Waals surface area contributed by atoms with Gasteiger partial charge in [-0.2, -0.15) is 0 Å². The van der Waals surface area contributed by atoms with Gasteiger partial charge in [-0.05, 0) is 31.5 Å². The highest BCUT2D eigenvalue weighted by molar-refractivity contribution is 5.86. The Kier molecular flexibility index (Phi) is 3.97. The molecule has 1 saturated heterocycles. The number of benzene rings is 1. The second-order valence-electron chi connectivity index (χ2n) is 5.25. The van der Waals surface area contributed by atoms with E-state index in [0.29, 0.717) is 18.3 Å². The summed E-state index contributed by atoms with van der Waals surface area (Å²) in [4.78, 5) is 12.0. The Morgan fingerprint density at radius 2 is 2.30 bits per heavy atom. The minimum atomic E-state index is -0.00331. The van der Waals surface area contributed by atoms with Crippen molar-refractivity contribution in [2.45, 2.75) is 31.7 Å². The number of aromatic nitrogens is 1. The fourth-order valence-corrected chi connectivity index (χ4v) is 2.62. The van der Waals surface area contributed by atoms with Gasteiger partial charge in [0, 0.05) is 18.0 Å². The predicted molar refractivity (Wildman–Crippen MR) is 76.4 cm³/mol. The summed E-state index contributed by atoms with van der Waals surface area (Å²) in [7, 11) is 0. The zero-order valence-electron chi connectivity index (χ0n) is 11.4. The van der Waals surface area contributed by atoms with Crippen LogP contribution in [-0.4, -0.2) is 30.2 Å². The number of hydrogen-bond donors (Lipinski definition) is 2. The van der Waals surface area contributed by atoms with Crippen LogP contribution in [0.4, 0.5) is 0 Å². The Morgan fingerprint density at radius 1 is 1.40 bits per heavy atom. The lowest BCUT2D eigenvalue weighted by Crippen LogP contribution is -2.43. The van der Waals surface area contributed by atoms with Crippen LogP contribution in [0.15, 0.2) is 28.8 Å². The van der Waals surface area contributed by atoms with Gasteiger partial charge in [-0.3, -0.25) is 4.79 Å². The first-order chi connectivity index (χ1) is 9.83. The molecule has 3 rings (SSSR count). The van der Waals surface area contributed by atoms with Crippen molar-refractivity contribution in [2.24, 2.45) is 0 Å². The molecule has 1 aliphatic heterocycles. The number of carbonyl (C=O) groups excluding carboxylic acids is 1. The minimum absolute atomic E-state index is 0.00331. The van der Waals surface area contributed by atoms with E-state index in [1.165, 1.54) is 12.8 Å². The van der Waals surface area contributed by atoms with Gasteiger partial charge in [0.2, 0.25) is 5.91 Å². The maximum atomic E-state index is 12.0. The fourth-order valence-electron chi connectivity index (χ4n) is 2.62. The lowest BCUT2D eigenvalue weighted by Gasteiger charge is -2.23. The van der Waals surface area contributed by atoms with Crippen molar-refractivity contribution in [3.8, 4) is 0 Å². The van der Waals surface area contributed by atoms with Crippen LogP contribution < -0.4 is 10.6 Å². The lowest BCUT2D eigenvalue weighted by atomic mass is 10.1. The van der Waals surface area contributed by atoms with Crippen molar-refractivity contribution in [3.63, 3.8) is 0 Å². The van der Waals surface area contributed by atoms with Crippen LogP contribution in [0, 0.1) is 0 Å². The summed E-state index contributed by atoms with van der Waals surface area (Å²) in [5.41, 5.74) is 1.43. The largest absolute Gasteiger partial charge is 0.356 e. The van der Waals surface area contributed by atoms with E-state index in [9.17, 15) is 4.79 Å². The molecule has 2 N–H and O–H groups in total. The normalized spacial score (nSPS) is 19.1. The molecule has 20 heavy (non-hydrogen) atoms. The monoisotopic (exact) mass is 273 g/mol. The number of hydrogen-bond acceptors (Lipinski definition) is 4. The molecule has 2 aromatic rings. The Hall–Kier alpha value is -1.88. The summed E-state index contributed by atoms with van der Waals surface area (Å²) >= 11 is 0. The average Bonchev–Trinajstić information content (AvgIpc) is 2.90. The highest BCUT2D eigenvalue weighted by atomic mass is 16.5. The van der Waals surface area contributed by atoms with Crippen LogP contribution in [0.3, 0.4) is 0 Å². The van der Waals surface area contributed by atoms with E-state index >= 15 is 0 Å². The van der Waals surface area contributed by atoms with Gasteiger partial charge in [-0.1, -0.05) is 23.7 Å². The van der Waals surface area contributed by atoms with Gasteiger partial charge in [-0.15, -0.1) is 0 Å². The topological polar surface area (TPSA) is 67.2 Å². The first-order valence-electron chi connectivity index (χ1n) is 7.16. The van der Waals surface area contributed by atoms with E-state index in [1.807, 2.05) is 24.3 Å². The van der Waals surface area contributed by atoms with Crippen molar-refractivity contribution in [1.82, 2.24) is 15.8 Å². The maximum Gasteiger partial charge on any atom is 0.226 e. The molecule has 0 bridgehead atoms. The molecule has 0 aliphatic carbocycles. The Morgan fingerprint density at radius 3 is 3.15 bits per heavy atom. The standard InChI is InChI=1S/C15H19N3O2/c19-15(17-10-11-5-3-4-8-16-11)9-13-12-6-1-2-7-14(12)20-18-13/h1-2,6-7,11,16H,3-5,8-10H2,(H,17,19). The number of para-hydroxylation sites is 1. The van der Waals surface area contributed by atoms with Crippen LogP contribution in [0.2, 0.25) is 0 Å². The average molecular weight is 273 g/mol. The Bertz CT molecular complexity index is 588. The second kappa shape index (κ2) is 6.05. The number of rotatable bonds is 4. The number of nitrogens with one attached hydrogen (secondary N) is 2. The molecule has 0 saturated carbocycles. The molecule has 1 fully saturated rings. The first kappa shape index (κ1) is 13.1. The Labute approximate surface area is 117 Å². The molecule has 1 unspecified atom stereocenters. The summed E-state index contributed by atoms with van der Waals surface area (Å²) in [6.45, 7) is 1.74. The number of piperidine rings is 1. The summed E-state index contributed by atoms with van der Waals surface area (Å²) in [5.74, 6) is -0.00331. The molecule has 1 aromatic carbocycles. The van der Waals surface area contributed by atoms with E-state index in [1.54, 1.807) is 0 Å². The van der Waals surface area contributed by atoms with E-state index in [2.05, 4.69) is 15.8 Å². The third-order valence-electron chi connectivity index (χ3n) is 3.74. The van der Waals surface area contributed by atoms with Gasteiger partial charge in [0.05, 0.1) is 6.42 Å². The van der Waals surface area contributed by atoms with E-state index in [-0.39, 0.29) is 12.3 Å². The molecule has 5 heteroatoms. The van der Waals surface area contributed by atoms with Gasteiger partial charge in [0.1, 0.15) is 5.69 Å². The Balaban J connectivity index is 1.55. The first-order valence-corrected chi connectivity index (χ1v) is 7.16. The molecule has 1 atom stereocenters. The third kappa shape index (κ3) is 2.99. The van der Waals surface area contributed by atoms with Gasteiger partial charge >= 0.3 is 0 Å². The van der Waals surface area contributed by atoms with E-state index in [0.717, 1.165) is 23.9 Å². The highest BCUT2D eigenvalue weighted by Crippen LogP contribution is 2.17. The summed E-state index contributed by atoms with van der Waals surface area (Å²) in [6.07, 6.45) is 3.87. The van der Waals surface area contributed by atoms with Crippen molar-refractivity contribution in [2.75, 3.05) is 13.1 Å². The van der Waals surface area contributed by atoms with Crippen LogP contribution in [-0.2, 0) is 11.2 Å². The zero-order chi connectivity index (χ0) is 13.8. The molecule has 0 radical (unpaired) electrons. The third-order valence-corrected chi connectivity index (χ3v) is 3.74. The number of fused-ring (bicyclic) bond motifs is 1. The van der Waals surface area contributed by atoms with Gasteiger partial charge in [0.25, 0.3) is 0 Å². The summed E-state index contributed by atoms with van der Waals surface area (Å²) < 4.78 is 5.20. The van der Waals surface area contributed by atoms with Gasteiger partial charge in [0.15, 0.2) is 5.58 Å². The van der Waals surface area contributed by atoms with Crippen LogP contribution in [0.25, 0.3) is 11.0 Å². The molecular formula is C15H19N3O2. The molecular weight excluding hydrogens is 254 g/mol. The van der Waals surface area contributed by atoms with Crippen LogP contribution >= 0.6 is 0 Å². The smallest absolute Gasteiger partial charge is 0.226 e. The molecule has 2 heterocycles. The second-order valence-corrected chi connectivity index (χ2v) is 5.25. The van der Waals surface area contributed by atoms with Crippen molar-refractivity contribution in [3.05, 3.63) is 30.0 Å². The van der Waals surface area contributed by atoms with E-state index < -0.39 is 0 Å². The summed E-state index contributed by atoms with van der Waals surface area (Å²) in [6, 6.07) is 8.01. The van der Waals surface area contributed by atoms with Crippen LogP contribution in [0.1, 0.15) is 25.0 Å². The fraction of sp³-hybridized carbons (Fsp3) is 0.467. The maximum absolute atomic E-state index is 12.0. The molecule has 5 nitrogen and oxygen atoms in total. The lowest BCUT2D eigenvalue weighted by molar-refractivity contribution is -0.120. The van der Waals surface area contributed by atoms with Crippen molar-refractivity contribution >= 4 is 16.9 Å². The highest BCUT2D eigenvalue weighted by Gasteiger charge is 2.15. The SMILES string of the molecule is O=C(Cc1noc2ccccc12)NCC1CCCCN1. The molecule has 1 aliphatic rings. The molecule has 1 amide bonds. The van der Waals surface area contributed by atoms with Crippen molar-refractivity contribution in [1.29, 1.82) is 0 Å². The predicted octanol–water partition coefficient (Wildman–Crippen LogP) is 1.63. The van der Waals surface area contributed by atoms with E-state index in [4.69, 9.17) is 4.52 Å². The molecule has 106 valence electrons. The van der Waals surface area contributed by atoms with Gasteiger partial charge in [-0.25, -0.2) is 0 Å². The van der Waals surface area contributed by atoms with Gasteiger partial charge < -0.3 is 15.2 Å². The molecule has 0 spiro atoms. The quantitative estimate of drug-likeness (QED) is 0.888. The van der Waals surface area contributed by atoms with Crippen LogP contribution in [0.5, 0.6) is 0 Å². The number of carbonyl (C=O) groups is 1. The number of nitrogens with zero attached hydrogens (tertiary/aromatic N) is 1.